The predicted molar refractivity (Wildman–Crippen MR) is 82.0 cm³/mol. The maximum atomic E-state index is 8.99. The monoisotopic (exact) mass is 290 g/mol. The molecule has 3 aromatic rings. The maximum Gasteiger partial charge on any atom is 0.157 e. The van der Waals surface area contributed by atoms with E-state index in [1.54, 1.807) is 0 Å². The Bertz CT molecular complexity index is 848. The van der Waals surface area contributed by atoms with Crippen molar-refractivity contribution in [2.75, 3.05) is 5.32 Å². The van der Waals surface area contributed by atoms with Gasteiger partial charge in [-0.2, -0.15) is 15.5 Å². The van der Waals surface area contributed by atoms with Crippen LogP contribution in [0.1, 0.15) is 39.6 Å². The highest BCUT2D eigenvalue weighted by Crippen LogP contribution is 2.45. The highest BCUT2D eigenvalue weighted by atomic mass is 15.3. The predicted octanol–water partition coefficient (Wildman–Crippen LogP) is 2.86. The number of hydrogen-bond acceptors (Lipinski definition) is 4. The highest BCUT2D eigenvalue weighted by Gasteiger charge is 2.33. The van der Waals surface area contributed by atoms with Gasteiger partial charge in [0.25, 0.3) is 0 Å². The summed E-state index contributed by atoms with van der Waals surface area (Å²) in [5, 5.41) is 27.0. The van der Waals surface area contributed by atoms with Crippen molar-refractivity contribution >= 4 is 11.6 Å². The fourth-order valence-corrected chi connectivity index (χ4v) is 3.11. The minimum absolute atomic E-state index is 0.0523. The van der Waals surface area contributed by atoms with E-state index in [0.717, 1.165) is 39.7 Å². The van der Waals surface area contributed by atoms with Crippen molar-refractivity contribution in [3.05, 3.63) is 57.9 Å². The van der Waals surface area contributed by atoms with E-state index in [2.05, 4.69) is 31.8 Å². The topological polar surface area (TPSA) is 93.2 Å². The minimum atomic E-state index is 0.0523. The number of nitrogens with one attached hydrogen (secondary N) is 3. The number of hydrogen-bond donors (Lipinski definition) is 3. The van der Waals surface area contributed by atoms with Crippen LogP contribution in [0.3, 0.4) is 0 Å². The van der Waals surface area contributed by atoms with Crippen molar-refractivity contribution in [1.82, 2.24) is 20.4 Å². The SMILES string of the molecule is Cc1[nH]nc2c1C(c1ccc(C#N)cc1)c1c(n[nH]c1C)N2. The van der Waals surface area contributed by atoms with Gasteiger partial charge in [0.15, 0.2) is 11.6 Å². The molecule has 4 rings (SSSR count). The standard InChI is InChI=1S/C16H14N6/c1-8-12-14(11-5-3-10(7-17)4-6-11)13-9(2)20-22-16(13)18-15(12)21-19-8/h3-6,14H,1-2H3,(H3,18,19,20,21,22). The molecular formula is C16H14N6. The van der Waals surface area contributed by atoms with Crippen LogP contribution in [-0.2, 0) is 0 Å². The molecule has 0 bridgehead atoms. The molecule has 3 N–H and O–H groups in total. The van der Waals surface area contributed by atoms with Crippen LogP contribution in [0.2, 0.25) is 0 Å². The number of H-pyrrole nitrogens is 2. The summed E-state index contributed by atoms with van der Waals surface area (Å²) in [6.07, 6.45) is 0. The summed E-state index contributed by atoms with van der Waals surface area (Å²) in [7, 11) is 0. The molecule has 6 nitrogen and oxygen atoms in total. The van der Waals surface area contributed by atoms with Crippen LogP contribution in [0, 0.1) is 25.2 Å². The molecule has 22 heavy (non-hydrogen) atoms. The molecule has 0 aliphatic carbocycles. The first-order chi connectivity index (χ1) is 10.7. The Kier molecular flexibility index (Phi) is 2.57. The third-order valence-electron chi connectivity index (χ3n) is 4.18. The zero-order valence-electron chi connectivity index (χ0n) is 12.2. The molecule has 3 heterocycles. The van der Waals surface area contributed by atoms with E-state index in [4.69, 9.17) is 5.26 Å². The first-order valence-corrected chi connectivity index (χ1v) is 7.06. The fourth-order valence-electron chi connectivity index (χ4n) is 3.11. The van der Waals surface area contributed by atoms with E-state index in [-0.39, 0.29) is 5.92 Å². The first-order valence-electron chi connectivity index (χ1n) is 7.06. The molecule has 0 spiro atoms. The smallest absolute Gasteiger partial charge is 0.157 e. The van der Waals surface area contributed by atoms with Gasteiger partial charge in [0.1, 0.15) is 0 Å². The lowest BCUT2D eigenvalue weighted by Crippen LogP contribution is -2.14. The molecule has 1 aromatic carbocycles. The molecule has 0 saturated heterocycles. The number of fused-ring (bicyclic) bond motifs is 2. The Morgan fingerprint density at radius 2 is 1.50 bits per heavy atom. The zero-order chi connectivity index (χ0) is 15.3. The summed E-state index contributed by atoms with van der Waals surface area (Å²) >= 11 is 0. The van der Waals surface area contributed by atoms with Gasteiger partial charge >= 0.3 is 0 Å². The quantitative estimate of drug-likeness (QED) is 0.502. The van der Waals surface area contributed by atoms with E-state index in [9.17, 15) is 0 Å². The average Bonchev–Trinajstić information content (AvgIpc) is 3.10. The van der Waals surface area contributed by atoms with Crippen molar-refractivity contribution in [2.45, 2.75) is 19.8 Å². The van der Waals surface area contributed by atoms with Gasteiger partial charge in [0.2, 0.25) is 0 Å². The van der Waals surface area contributed by atoms with Crippen LogP contribution in [0.25, 0.3) is 0 Å². The molecule has 0 radical (unpaired) electrons. The molecule has 0 saturated carbocycles. The number of nitriles is 1. The fraction of sp³-hybridized carbons (Fsp3) is 0.188. The van der Waals surface area contributed by atoms with Crippen LogP contribution >= 0.6 is 0 Å². The number of aromatic nitrogens is 4. The summed E-state index contributed by atoms with van der Waals surface area (Å²) in [5.74, 6) is 1.67. The van der Waals surface area contributed by atoms with Crippen molar-refractivity contribution in [3.63, 3.8) is 0 Å². The normalized spacial score (nSPS) is 13.1. The van der Waals surface area contributed by atoms with E-state index in [0.29, 0.717) is 5.56 Å². The van der Waals surface area contributed by atoms with Crippen molar-refractivity contribution < 1.29 is 0 Å². The Labute approximate surface area is 127 Å². The van der Waals surface area contributed by atoms with Gasteiger partial charge in [0.05, 0.1) is 11.6 Å². The van der Waals surface area contributed by atoms with Gasteiger partial charge in [0, 0.05) is 28.4 Å². The number of benzene rings is 1. The highest BCUT2D eigenvalue weighted by molar-refractivity contribution is 5.72. The van der Waals surface area contributed by atoms with Gasteiger partial charge in [-0.1, -0.05) is 12.1 Å². The Hall–Kier alpha value is -3.07. The molecule has 1 aliphatic rings. The second-order valence-corrected chi connectivity index (χ2v) is 5.51. The Balaban J connectivity index is 1.95. The lowest BCUT2D eigenvalue weighted by Gasteiger charge is -2.24. The number of anilines is 2. The van der Waals surface area contributed by atoms with E-state index < -0.39 is 0 Å². The third kappa shape index (κ3) is 1.66. The van der Waals surface area contributed by atoms with E-state index in [1.807, 2.05) is 38.1 Å². The van der Waals surface area contributed by atoms with Gasteiger partial charge in [-0.15, -0.1) is 0 Å². The Morgan fingerprint density at radius 1 is 0.955 bits per heavy atom. The molecule has 1 aliphatic heterocycles. The molecule has 6 heteroatoms. The van der Waals surface area contributed by atoms with E-state index in [1.165, 1.54) is 0 Å². The van der Waals surface area contributed by atoms with Gasteiger partial charge in [-0.25, -0.2) is 0 Å². The summed E-state index contributed by atoms with van der Waals surface area (Å²) in [4.78, 5) is 0. The molecule has 0 unspecified atom stereocenters. The summed E-state index contributed by atoms with van der Waals surface area (Å²) in [6.45, 7) is 4.04. The lowest BCUT2D eigenvalue weighted by molar-refractivity contribution is 0.939. The minimum Gasteiger partial charge on any atom is -0.321 e. The summed E-state index contributed by atoms with van der Waals surface area (Å²) in [6, 6.07) is 9.86. The molecule has 2 aromatic heterocycles. The van der Waals surface area contributed by atoms with Gasteiger partial charge in [-0.3, -0.25) is 10.2 Å². The van der Waals surface area contributed by atoms with Gasteiger partial charge in [-0.05, 0) is 31.5 Å². The largest absolute Gasteiger partial charge is 0.321 e. The second-order valence-electron chi connectivity index (χ2n) is 5.51. The molecule has 0 atom stereocenters. The lowest BCUT2D eigenvalue weighted by atomic mass is 9.82. The van der Waals surface area contributed by atoms with Crippen LogP contribution in [0.15, 0.2) is 24.3 Å². The number of nitrogens with zero attached hydrogens (tertiary/aromatic N) is 3. The molecule has 0 fully saturated rings. The van der Waals surface area contributed by atoms with Crippen LogP contribution in [0.4, 0.5) is 11.6 Å². The van der Waals surface area contributed by atoms with Crippen molar-refractivity contribution in [2.24, 2.45) is 0 Å². The molecular weight excluding hydrogens is 276 g/mol. The van der Waals surface area contributed by atoms with Crippen LogP contribution in [0.5, 0.6) is 0 Å². The Morgan fingerprint density at radius 3 is 2.00 bits per heavy atom. The van der Waals surface area contributed by atoms with Crippen molar-refractivity contribution in [3.8, 4) is 6.07 Å². The maximum absolute atomic E-state index is 8.99. The first kappa shape index (κ1) is 12.7. The third-order valence-corrected chi connectivity index (χ3v) is 4.18. The van der Waals surface area contributed by atoms with Crippen molar-refractivity contribution in [1.29, 1.82) is 5.26 Å². The zero-order valence-corrected chi connectivity index (χ0v) is 12.2. The number of aromatic amines is 2. The number of rotatable bonds is 1. The van der Waals surface area contributed by atoms with E-state index >= 15 is 0 Å². The molecule has 108 valence electrons. The van der Waals surface area contributed by atoms with Gasteiger partial charge < -0.3 is 5.32 Å². The van der Waals surface area contributed by atoms with Crippen LogP contribution in [-0.4, -0.2) is 20.4 Å². The van der Waals surface area contributed by atoms with Crippen LogP contribution < -0.4 is 5.32 Å². The summed E-state index contributed by atoms with van der Waals surface area (Å²) < 4.78 is 0. The molecule has 0 amide bonds. The second kappa shape index (κ2) is 4.46. The summed E-state index contributed by atoms with van der Waals surface area (Å²) in [5.41, 5.74) is 6.09. The number of aryl methyl sites for hydroxylation is 2. The average molecular weight is 290 g/mol.